The second kappa shape index (κ2) is 6.49. The fourth-order valence-electron chi connectivity index (χ4n) is 4.18. The van der Waals surface area contributed by atoms with E-state index in [1.54, 1.807) is 0 Å². The molecule has 1 atom stereocenters. The van der Waals surface area contributed by atoms with Crippen molar-refractivity contribution in [2.75, 3.05) is 26.7 Å². The van der Waals surface area contributed by atoms with E-state index in [0.717, 1.165) is 67.1 Å². The summed E-state index contributed by atoms with van der Waals surface area (Å²) in [7, 11) is 2.08. The summed E-state index contributed by atoms with van der Waals surface area (Å²) >= 11 is 0. The van der Waals surface area contributed by atoms with Crippen molar-refractivity contribution >= 4 is 17.0 Å². The Labute approximate surface area is 157 Å². The van der Waals surface area contributed by atoms with Crippen molar-refractivity contribution in [2.24, 2.45) is 0 Å². The molecule has 1 aromatic carbocycles. The first-order chi connectivity index (χ1) is 13.2. The second-order valence-electron chi connectivity index (χ2n) is 7.63. The highest BCUT2D eigenvalue weighted by molar-refractivity contribution is 5.94. The lowest BCUT2D eigenvalue weighted by Crippen LogP contribution is -2.40. The molecule has 0 spiro atoms. The van der Waals surface area contributed by atoms with Crippen molar-refractivity contribution < 1.29 is 9.21 Å². The Morgan fingerprint density at radius 2 is 2.19 bits per heavy atom. The minimum Gasteiger partial charge on any atom is -0.440 e. The third-order valence-corrected chi connectivity index (χ3v) is 5.70. The van der Waals surface area contributed by atoms with Crippen molar-refractivity contribution in [1.29, 1.82) is 0 Å². The fraction of sp³-hybridized carbons (Fsp3) is 0.450. The van der Waals surface area contributed by atoms with Gasteiger partial charge in [-0.2, -0.15) is 5.10 Å². The Hall–Kier alpha value is -2.67. The Bertz CT molecular complexity index is 958. The number of benzene rings is 1. The topological polar surface area (TPSA) is 78.3 Å². The van der Waals surface area contributed by atoms with Gasteiger partial charge >= 0.3 is 0 Å². The average molecular weight is 365 g/mol. The minimum absolute atomic E-state index is 0.0172. The minimum atomic E-state index is 0.0172. The standard InChI is InChI=1S/C20H23N5O2/c1-24-10-8-15-14(12-24)18(23-22-15)20(26)25-9-4-5-13(11-25)19-21-16-6-2-3-7-17(16)27-19/h2-3,6-7,13H,4-5,8-12H2,1H3,(H,22,23). The summed E-state index contributed by atoms with van der Waals surface area (Å²) < 4.78 is 5.95. The van der Waals surface area contributed by atoms with E-state index >= 15 is 0 Å². The van der Waals surface area contributed by atoms with Crippen molar-refractivity contribution in [1.82, 2.24) is 25.0 Å². The van der Waals surface area contributed by atoms with Crippen LogP contribution in [0.1, 0.15) is 46.4 Å². The predicted molar refractivity (Wildman–Crippen MR) is 101 cm³/mol. The molecule has 2 aliphatic rings. The Kier molecular flexibility index (Phi) is 3.97. The summed E-state index contributed by atoms with van der Waals surface area (Å²) in [6.45, 7) is 3.15. The van der Waals surface area contributed by atoms with Gasteiger partial charge in [-0.15, -0.1) is 0 Å². The number of carbonyl (C=O) groups excluding carboxylic acids is 1. The normalized spacial score (nSPS) is 20.8. The van der Waals surface area contributed by atoms with Gasteiger partial charge in [-0.05, 0) is 32.0 Å². The number of hydrogen-bond acceptors (Lipinski definition) is 5. The average Bonchev–Trinajstić information content (AvgIpc) is 3.31. The molecule has 0 bridgehead atoms. The van der Waals surface area contributed by atoms with E-state index in [9.17, 15) is 4.79 Å². The van der Waals surface area contributed by atoms with E-state index in [0.29, 0.717) is 12.2 Å². The van der Waals surface area contributed by atoms with Gasteiger partial charge in [-0.1, -0.05) is 12.1 Å². The summed E-state index contributed by atoms with van der Waals surface area (Å²) in [6.07, 6.45) is 2.84. The maximum Gasteiger partial charge on any atom is 0.274 e. The van der Waals surface area contributed by atoms with E-state index in [4.69, 9.17) is 4.42 Å². The van der Waals surface area contributed by atoms with Crippen LogP contribution in [0.4, 0.5) is 0 Å². The fourth-order valence-corrected chi connectivity index (χ4v) is 4.18. The zero-order chi connectivity index (χ0) is 18.4. The molecule has 0 radical (unpaired) electrons. The molecule has 1 saturated heterocycles. The Morgan fingerprint density at radius 3 is 3.07 bits per heavy atom. The largest absolute Gasteiger partial charge is 0.440 e. The van der Waals surface area contributed by atoms with Crippen LogP contribution >= 0.6 is 0 Å². The van der Waals surface area contributed by atoms with E-state index in [1.807, 2.05) is 29.2 Å². The molecular formula is C20H23N5O2. The Morgan fingerprint density at radius 1 is 1.30 bits per heavy atom. The van der Waals surface area contributed by atoms with Crippen LogP contribution in [-0.4, -0.2) is 57.6 Å². The van der Waals surface area contributed by atoms with Gasteiger partial charge < -0.3 is 14.2 Å². The molecule has 1 unspecified atom stereocenters. The smallest absolute Gasteiger partial charge is 0.274 e. The maximum atomic E-state index is 13.2. The lowest BCUT2D eigenvalue weighted by Gasteiger charge is -2.31. The molecule has 0 aliphatic carbocycles. The van der Waals surface area contributed by atoms with Gasteiger partial charge in [-0.3, -0.25) is 9.89 Å². The van der Waals surface area contributed by atoms with Crippen LogP contribution < -0.4 is 0 Å². The summed E-state index contributed by atoms with van der Waals surface area (Å²) in [5.74, 6) is 0.883. The number of rotatable bonds is 2. The number of hydrogen-bond donors (Lipinski definition) is 1. The lowest BCUT2D eigenvalue weighted by molar-refractivity contribution is 0.0690. The molecule has 0 saturated carbocycles. The number of likely N-dealkylation sites (tertiary alicyclic amines) is 1. The third kappa shape index (κ3) is 2.92. The molecule has 1 amide bonds. The molecule has 1 fully saturated rings. The molecule has 1 N–H and O–H groups in total. The molecule has 4 heterocycles. The van der Waals surface area contributed by atoms with Crippen molar-refractivity contribution in [3.05, 3.63) is 47.1 Å². The maximum absolute atomic E-state index is 13.2. The van der Waals surface area contributed by atoms with Gasteiger partial charge in [0.15, 0.2) is 17.2 Å². The molecule has 2 aromatic heterocycles. The van der Waals surface area contributed by atoms with Crippen LogP contribution in [0.25, 0.3) is 11.1 Å². The van der Waals surface area contributed by atoms with Crippen LogP contribution in [0.2, 0.25) is 0 Å². The monoisotopic (exact) mass is 365 g/mol. The summed E-state index contributed by atoms with van der Waals surface area (Å²) in [4.78, 5) is 21.9. The van der Waals surface area contributed by atoms with Gasteiger partial charge in [-0.25, -0.2) is 4.98 Å². The number of H-pyrrole nitrogens is 1. The number of carbonyl (C=O) groups is 1. The number of aromatic nitrogens is 3. The summed E-state index contributed by atoms with van der Waals surface area (Å²) in [5.41, 5.74) is 4.41. The van der Waals surface area contributed by atoms with Crippen molar-refractivity contribution in [2.45, 2.75) is 31.7 Å². The van der Waals surface area contributed by atoms with E-state index in [1.165, 1.54) is 0 Å². The molecule has 2 aliphatic heterocycles. The molecule has 7 heteroatoms. The van der Waals surface area contributed by atoms with Gasteiger partial charge in [0.05, 0.1) is 5.92 Å². The first kappa shape index (κ1) is 16.5. The molecular weight excluding hydrogens is 342 g/mol. The number of likely N-dealkylation sites (N-methyl/N-ethyl adjacent to an activating group) is 1. The molecule has 7 nitrogen and oxygen atoms in total. The number of para-hydroxylation sites is 2. The molecule has 27 heavy (non-hydrogen) atoms. The van der Waals surface area contributed by atoms with Crippen molar-refractivity contribution in [3.63, 3.8) is 0 Å². The molecule has 3 aromatic rings. The van der Waals surface area contributed by atoms with Crippen LogP contribution in [0.5, 0.6) is 0 Å². The second-order valence-corrected chi connectivity index (χ2v) is 7.63. The van der Waals surface area contributed by atoms with Crippen molar-refractivity contribution in [3.8, 4) is 0 Å². The number of nitrogens with one attached hydrogen (secondary N) is 1. The van der Waals surface area contributed by atoms with Gasteiger partial charge in [0.1, 0.15) is 5.52 Å². The van der Waals surface area contributed by atoms with E-state index in [-0.39, 0.29) is 11.8 Å². The number of aromatic amines is 1. The van der Waals surface area contributed by atoms with Gasteiger partial charge in [0.2, 0.25) is 0 Å². The van der Waals surface area contributed by atoms with Crippen LogP contribution in [0, 0.1) is 0 Å². The van der Waals surface area contributed by atoms with Crippen LogP contribution in [0.3, 0.4) is 0 Å². The number of amides is 1. The molecule has 5 rings (SSSR count). The highest BCUT2D eigenvalue weighted by Crippen LogP contribution is 2.30. The number of fused-ring (bicyclic) bond motifs is 2. The van der Waals surface area contributed by atoms with E-state index in [2.05, 4.69) is 27.1 Å². The number of nitrogens with zero attached hydrogens (tertiary/aromatic N) is 4. The summed E-state index contributed by atoms with van der Waals surface area (Å²) in [6, 6.07) is 7.81. The lowest BCUT2D eigenvalue weighted by atomic mass is 9.97. The zero-order valence-electron chi connectivity index (χ0n) is 15.4. The van der Waals surface area contributed by atoms with Gasteiger partial charge in [0, 0.05) is 43.9 Å². The summed E-state index contributed by atoms with van der Waals surface area (Å²) in [5, 5.41) is 7.43. The highest BCUT2D eigenvalue weighted by atomic mass is 16.3. The number of piperidine rings is 1. The van der Waals surface area contributed by atoms with Crippen LogP contribution in [-0.2, 0) is 13.0 Å². The van der Waals surface area contributed by atoms with Gasteiger partial charge in [0.25, 0.3) is 5.91 Å². The third-order valence-electron chi connectivity index (χ3n) is 5.70. The Balaban J connectivity index is 1.38. The first-order valence-corrected chi connectivity index (χ1v) is 9.58. The quantitative estimate of drug-likeness (QED) is 0.755. The predicted octanol–water partition coefficient (Wildman–Crippen LogP) is 2.56. The SMILES string of the molecule is CN1CCc2[nH]nc(C(=O)N3CCCC(c4nc5ccccc5o4)C3)c2C1. The molecule has 140 valence electrons. The van der Waals surface area contributed by atoms with E-state index < -0.39 is 0 Å². The first-order valence-electron chi connectivity index (χ1n) is 9.58. The number of oxazole rings is 1. The van der Waals surface area contributed by atoms with Crippen LogP contribution in [0.15, 0.2) is 28.7 Å². The zero-order valence-corrected chi connectivity index (χ0v) is 15.4. The highest BCUT2D eigenvalue weighted by Gasteiger charge is 2.32.